The van der Waals surface area contributed by atoms with Crippen LogP contribution in [0, 0.1) is 0 Å². The first-order valence-electron chi connectivity index (χ1n) is 7.31. The zero-order valence-corrected chi connectivity index (χ0v) is 11.3. The van der Waals surface area contributed by atoms with Gasteiger partial charge in [-0.15, -0.1) is 0 Å². The van der Waals surface area contributed by atoms with Gasteiger partial charge in [0.2, 0.25) is 0 Å². The van der Waals surface area contributed by atoms with Crippen molar-refractivity contribution < 1.29 is 4.74 Å². The molecule has 3 heteroatoms. The molecular weight excluding hydrogens is 236 g/mol. The second kappa shape index (κ2) is 6.00. The average molecular weight is 258 g/mol. The molecule has 1 aromatic rings. The normalized spacial score (nSPS) is 22.3. The lowest BCUT2D eigenvalue weighted by atomic mass is 10.1. The van der Waals surface area contributed by atoms with Gasteiger partial charge in [-0.3, -0.25) is 0 Å². The third-order valence-corrected chi connectivity index (χ3v) is 3.87. The van der Waals surface area contributed by atoms with Crippen molar-refractivity contribution in [2.24, 2.45) is 0 Å². The van der Waals surface area contributed by atoms with Crippen LogP contribution in [0.4, 0.5) is 11.4 Å². The van der Waals surface area contributed by atoms with E-state index in [-0.39, 0.29) is 0 Å². The van der Waals surface area contributed by atoms with E-state index in [0.29, 0.717) is 6.10 Å². The van der Waals surface area contributed by atoms with Gasteiger partial charge < -0.3 is 15.0 Å². The fraction of sp³-hybridized carbons (Fsp3) is 0.500. The van der Waals surface area contributed by atoms with Crippen LogP contribution in [0.1, 0.15) is 25.7 Å². The molecular formula is C16H22N2O. The van der Waals surface area contributed by atoms with E-state index in [1.807, 2.05) is 6.26 Å². The molecule has 2 aliphatic heterocycles. The van der Waals surface area contributed by atoms with E-state index in [0.717, 1.165) is 19.4 Å². The number of anilines is 2. The minimum absolute atomic E-state index is 0.306. The molecule has 3 rings (SSSR count). The standard InChI is InChI=1S/C16H22N2O/c1-4-11-19-16(8-1)13-17-14-6-5-7-15(12-14)18-9-2-3-10-18/h4-7,11-12,16-17H,1-3,8-10,13H2. The molecule has 0 radical (unpaired) electrons. The van der Waals surface area contributed by atoms with Crippen molar-refractivity contribution >= 4 is 11.4 Å². The Morgan fingerprint density at radius 1 is 1.26 bits per heavy atom. The second-order valence-corrected chi connectivity index (χ2v) is 5.33. The molecule has 0 aromatic heterocycles. The van der Waals surface area contributed by atoms with Crippen LogP contribution in [0.25, 0.3) is 0 Å². The molecule has 0 amide bonds. The summed E-state index contributed by atoms with van der Waals surface area (Å²) in [5.41, 5.74) is 2.54. The predicted octanol–water partition coefficient (Wildman–Crippen LogP) is 3.39. The van der Waals surface area contributed by atoms with Gasteiger partial charge in [-0.2, -0.15) is 0 Å². The third-order valence-electron chi connectivity index (χ3n) is 3.87. The number of ether oxygens (including phenoxy) is 1. The second-order valence-electron chi connectivity index (χ2n) is 5.33. The van der Waals surface area contributed by atoms with Gasteiger partial charge in [0.25, 0.3) is 0 Å². The summed E-state index contributed by atoms with van der Waals surface area (Å²) < 4.78 is 5.58. The smallest absolute Gasteiger partial charge is 0.115 e. The Kier molecular flexibility index (Phi) is 3.92. The molecule has 2 aliphatic rings. The van der Waals surface area contributed by atoms with Crippen molar-refractivity contribution in [3.8, 4) is 0 Å². The summed E-state index contributed by atoms with van der Waals surface area (Å²) in [5.74, 6) is 0. The van der Waals surface area contributed by atoms with Crippen LogP contribution in [0.5, 0.6) is 0 Å². The first-order chi connectivity index (χ1) is 9.42. The maximum Gasteiger partial charge on any atom is 0.115 e. The predicted molar refractivity (Wildman–Crippen MR) is 79.6 cm³/mol. The number of hydrogen-bond acceptors (Lipinski definition) is 3. The van der Waals surface area contributed by atoms with Crippen LogP contribution in [0.3, 0.4) is 0 Å². The quantitative estimate of drug-likeness (QED) is 0.896. The lowest BCUT2D eigenvalue weighted by Gasteiger charge is -2.22. The van der Waals surface area contributed by atoms with E-state index in [4.69, 9.17) is 4.74 Å². The van der Waals surface area contributed by atoms with E-state index < -0.39 is 0 Å². The zero-order chi connectivity index (χ0) is 12.9. The number of nitrogens with zero attached hydrogens (tertiary/aromatic N) is 1. The highest BCUT2D eigenvalue weighted by Crippen LogP contribution is 2.23. The highest BCUT2D eigenvalue weighted by Gasteiger charge is 2.13. The van der Waals surface area contributed by atoms with E-state index in [1.54, 1.807) is 0 Å². The first-order valence-corrected chi connectivity index (χ1v) is 7.31. The Hall–Kier alpha value is -1.64. The highest BCUT2D eigenvalue weighted by atomic mass is 16.5. The number of rotatable bonds is 4. The molecule has 3 nitrogen and oxygen atoms in total. The van der Waals surface area contributed by atoms with Crippen LogP contribution in [-0.2, 0) is 4.74 Å². The molecule has 1 unspecified atom stereocenters. The molecule has 0 bridgehead atoms. The van der Waals surface area contributed by atoms with Crippen LogP contribution in [0.15, 0.2) is 36.6 Å². The zero-order valence-electron chi connectivity index (χ0n) is 11.3. The molecule has 2 heterocycles. The molecule has 0 aliphatic carbocycles. The first kappa shape index (κ1) is 12.4. The van der Waals surface area contributed by atoms with Gasteiger partial charge in [-0.05, 0) is 50.0 Å². The summed E-state index contributed by atoms with van der Waals surface area (Å²) in [6.45, 7) is 3.27. The molecule has 1 N–H and O–H groups in total. The van der Waals surface area contributed by atoms with Gasteiger partial charge in [0.1, 0.15) is 6.10 Å². The van der Waals surface area contributed by atoms with Gasteiger partial charge in [-0.1, -0.05) is 6.07 Å². The maximum absolute atomic E-state index is 5.58. The van der Waals surface area contributed by atoms with Gasteiger partial charge in [-0.25, -0.2) is 0 Å². The van der Waals surface area contributed by atoms with E-state index in [2.05, 4.69) is 40.6 Å². The average Bonchev–Trinajstić information content (AvgIpc) is 3.01. The summed E-state index contributed by atoms with van der Waals surface area (Å²) in [4.78, 5) is 2.46. The van der Waals surface area contributed by atoms with Gasteiger partial charge in [0.15, 0.2) is 0 Å². The van der Waals surface area contributed by atoms with Crippen LogP contribution in [0.2, 0.25) is 0 Å². The lowest BCUT2D eigenvalue weighted by molar-refractivity contribution is 0.135. The minimum atomic E-state index is 0.306. The fourth-order valence-corrected chi connectivity index (χ4v) is 2.75. The van der Waals surface area contributed by atoms with Crippen molar-refractivity contribution in [1.29, 1.82) is 0 Å². The monoisotopic (exact) mass is 258 g/mol. The van der Waals surface area contributed by atoms with Gasteiger partial charge >= 0.3 is 0 Å². The van der Waals surface area contributed by atoms with Crippen molar-refractivity contribution in [3.05, 3.63) is 36.6 Å². The van der Waals surface area contributed by atoms with E-state index in [9.17, 15) is 0 Å². The summed E-state index contributed by atoms with van der Waals surface area (Å²) in [6, 6.07) is 8.73. The number of hydrogen-bond donors (Lipinski definition) is 1. The molecule has 0 saturated carbocycles. The van der Waals surface area contributed by atoms with Gasteiger partial charge in [0.05, 0.1) is 12.8 Å². The van der Waals surface area contributed by atoms with E-state index in [1.165, 1.54) is 37.3 Å². The Balaban J connectivity index is 1.58. The Bertz CT molecular complexity index is 438. The molecule has 0 spiro atoms. The Labute approximate surface area is 115 Å². The van der Waals surface area contributed by atoms with Gasteiger partial charge in [0, 0.05) is 24.5 Å². The number of benzene rings is 1. The summed E-state index contributed by atoms with van der Waals surface area (Å²) in [6.07, 6.45) is 9.09. The van der Waals surface area contributed by atoms with Crippen molar-refractivity contribution in [2.75, 3.05) is 29.9 Å². The van der Waals surface area contributed by atoms with E-state index >= 15 is 0 Å². The number of allylic oxidation sites excluding steroid dienone is 1. The Morgan fingerprint density at radius 2 is 2.16 bits per heavy atom. The summed E-state index contributed by atoms with van der Waals surface area (Å²) >= 11 is 0. The highest BCUT2D eigenvalue weighted by molar-refractivity contribution is 5.58. The molecule has 102 valence electrons. The SMILES string of the molecule is C1=COC(CNc2cccc(N3CCCC3)c2)CC1. The fourth-order valence-electron chi connectivity index (χ4n) is 2.75. The van der Waals surface area contributed by atoms with Crippen LogP contribution < -0.4 is 10.2 Å². The minimum Gasteiger partial charge on any atom is -0.497 e. The Morgan fingerprint density at radius 3 is 2.95 bits per heavy atom. The lowest BCUT2D eigenvalue weighted by Crippen LogP contribution is -2.23. The molecule has 1 aromatic carbocycles. The van der Waals surface area contributed by atoms with Crippen LogP contribution in [-0.4, -0.2) is 25.7 Å². The molecule has 1 atom stereocenters. The van der Waals surface area contributed by atoms with Crippen molar-refractivity contribution in [3.63, 3.8) is 0 Å². The van der Waals surface area contributed by atoms with Crippen LogP contribution >= 0.6 is 0 Å². The molecule has 1 saturated heterocycles. The maximum atomic E-state index is 5.58. The molecule has 19 heavy (non-hydrogen) atoms. The largest absolute Gasteiger partial charge is 0.497 e. The molecule has 1 fully saturated rings. The summed E-state index contributed by atoms with van der Waals surface area (Å²) in [5, 5.41) is 3.49. The number of nitrogens with one attached hydrogen (secondary N) is 1. The topological polar surface area (TPSA) is 24.5 Å². The summed E-state index contributed by atoms with van der Waals surface area (Å²) in [7, 11) is 0. The van der Waals surface area contributed by atoms with Crippen molar-refractivity contribution in [2.45, 2.75) is 31.8 Å². The third kappa shape index (κ3) is 3.22. The van der Waals surface area contributed by atoms with Crippen molar-refractivity contribution in [1.82, 2.24) is 0 Å².